The predicted molar refractivity (Wildman–Crippen MR) is 38.5 cm³/mol. The first kappa shape index (κ1) is 7.98. The highest BCUT2D eigenvalue weighted by molar-refractivity contribution is 4.61. The van der Waals surface area contributed by atoms with Crippen molar-refractivity contribution in [2.45, 2.75) is 19.6 Å². The van der Waals surface area contributed by atoms with Crippen LogP contribution in [0.5, 0.6) is 0 Å². The van der Waals surface area contributed by atoms with Crippen LogP contribution < -0.4 is 5.73 Å². The van der Waals surface area contributed by atoms with Crippen LogP contribution >= 0.6 is 0 Å². The van der Waals surface area contributed by atoms with E-state index in [4.69, 9.17) is 15.2 Å². The van der Waals surface area contributed by atoms with Crippen molar-refractivity contribution in [3.05, 3.63) is 0 Å². The van der Waals surface area contributed by atoms with E-state index in [9.17, 15) is 0 Å². The van der Waals surface area contributed by atoms with E-state index in [0.29, 0.717) is 12.5 Å². The first-order valence-corrected chi connectivity index (χ1v) is 3.78. The minimum atomic E-state index is 0.00329. The van der Waals surface area contributed by atoms with Gasteiger partial charge in [-0.2, -0.15) is 0 Å². The minimum absolute atomic E-state index is 0.00329. The molecule has 0 spiro atoms. The summed E-state index contributed by atoms with van der Waals surface area (Å²) in [5, 5.41) is 0. The standard InChI is InChI=1S/C7H15NO2/c1-6(2-3-8)7-9-4-5-10-7/h6-7H,2-5,8H2,1H3. The molecule has 0 aromatic heterocycles. The lowest BCUT2D eigenvalue weighted by molar-refractivity contribution is -0.0795. The topological polar surface area (TPSA) is 44.5 Å². The largest absolute Gasteiger partial charge is 0.350 e. The lowest BCUT2D eigenvalue weighted by atomic mass is 10.1. The fraction of sp³-hybridized carbons (Fsp3) is 1.00. The molecule has 1 atom stereocenters. The maximum absolute atomic E-state index is 5.39. The van der Waals surface area contributed by atoms with Gasteiger partial charge in [0.15, 0.2) is 6.29 Å². The van der Waals surface area contributed by atoms with E-state index in [0.717, 1.165) is 19.6 Å². The van der Waals surface area contributed by atoms with E-state index in [1.165, 1.54) is 0 Å². The molecule has 1 fully saturated rings. The Bertz CT molecular complexity index is 91.6. The van der Waals surface area contributed by atoms with Gasteiger partial charge < -0.3 is 15.2 Å². The molecule has 1 rings (SSSR count). The maximum atomic E-state index is 5.39. The lowest BCUT2D eigenvalue weighted by Gasteiger charge is -2.16. The highest BCUT2D eigenvalue weighted by Crippen LogP contribution is 2.16. The van der Waals surface area contributed by atoms with Crippen LogP contribution in [-0.4, -0.2) is 26.0 Å². The van der Waals surface area contributed by atoms with E-state index >= 15 is 0 Å². The molecule has 10 heavy (non-hydrogen) atoms. The van der Waals surface area contributed by atoms with E-state index in [1.807, 2.05) is 0 Å². The summed E-state index contributed by atoms with van der Waals surface area (Å²) < 4.78 is 10.6. The molecule has 1 saturated heterocycles. The molecule has 0 amide bonds. The van der Waals surface area contributed by atoms with Gasteiger partial charge in [-0.25, -0.2) is 0 Å². The van der Waals surface area contributed by atoms with Gasteiger partial charge in [-0.3, -0.25) is 0 Å². The van der Waals surface area contributed by atoms with Gasteiger partial charge >= 0.3 is 0 Å². The first-order valence-electron chi connectivity index (χ1n) is 3.78. The second kappa shape index (κ2) is 3.91. The molecule has 2 N–H and O–H groups in total. The molecular weight excluding hydrogens is 130 g/mol. The molecule has 0 saturated carbocycles. The molecule has 0 radical (unpaired) electrons. The Morgan fingerprint density at radius 3 is 2.60 bits per heavy atom. The third-order valence-corrected chi connectivity index (χ3v) is 1.73. The number of ether oxygens (including phenoxy) is 2. The van der Waals surface area contributed by atoms with E-state index in [-0.39, 0.29) is 6.29 Å². The van der Waals surface area contributed by atoms with Crippen LogP contribution in [0.4, 0.5) is 0 Å². The molecule has 1 heterocycles. The molecule has 1 unspecified atom stereocenters. The second-order valence-corrected chi connectivity index (χ2v) is 2.66. The fourth-order valence-corrected chi connectivity index (χ4v) is 1.10. The Morgan fingerprint density at radius 2 is 2.10 bits per heavy atom. The van der Waals surface area contributed by atoms with Crippen LogP contribution in [-0.2, 0) is 9.47 Å². The van der Waals surface area contributed by atoms with E-state index < -0.39 is 0 Å². The summed E-state index contributed by atoms with van der Waals surface area (Å²) in [5.74, 6) is 0.437. The molecular formula is C7H15NO2. The van der Waals surface area contributed by atoms with Crippen molar-refractivity contribution >= 4 is 0 Å². The van der Waals surface area contributed by atoms with Crippen LogP contribution in [0.1, 0.15) is 13.3 Å². The Hall–Kier alpha value is -0.120. The van der Waals surface area contributed by atoms with Crippen molar-refractivity contribution in [1.29, 1.82) is 0 Å². The zero-order valence-corrected chi connectivity index (χ0v) is 6.38. The number of rotatable bonds is 3. The Kier molecular flexibility index (Phi) is 3.12. The molecule has 60 valence electrons. The summed E-state index contributed by atoms with van der Waals surface area (Å²) in [7, 11) is 0. The molecule has 1 aliphatic heterocycles. The van der Waals surface area contributed by atoms with Gasteiger partial charge in [-0.1, -0.05) is 6.92 Å². The molecule has 0 aliphatic carbocycles. The van der Waals surface area contributed by atoms with Crippen molar-refractivity contribution in [2.75, 3.05) is 19.8 Å². The van der Waals surface area contributed by atoms with Crippen molar-refractivity contribution in [1.82, 2.24) is 0 Å². The van der Waals surface area contributed by atoms with Crippen LogP contribution in [0.3, 0.4) is 0 Å². The summed E-state index contributed by atoms with van der Waals surface area (Å²) in [6.45, 7) is 4.28. The highest BCUT2D eigenvalue weighted by atomic mass is 16.7. The normalized spacial score (nSPS) is 23.4. The third kappa shape index (κ3) is 1.94. The first-order chi connectivity index (χ1) is 4.84. The monoisotopic (exact) mass is 145 g/mol. The number of hydrogen-bond donors (Lipinski definition) is 1. The average Bonchev–Trinajstić information content (AvgIpc) is 2.38. The van der Waals surface area contributed by atoms with Gasteiger partial charge in [0.25, 0.3) is 0 Å². The molecule has 3 heteroatoms. The second-order valence-electron chi connectivity index (χ2n) is 2.66. The van der Waals surface area contributed by atoms with Gasteiger partial charge in [0, 0.05) is 5.92 Å². The van der Waals surface area contributed by atoms with Crippen LogP contribution in [0.25, 0.3) is 0 Å². The van der Waals surface area contributed by atoms with Gasteiger partial charge in [-0.05, 0) is 13.0 Å². The minimum Gasteiger partial charge on any atom is -0.350 e. The quantitative estimate of drug-likeness (QED) is 0.623. The van der Waals surface area contributed by atoms with Crippen molar-refractivity contribution in [2.24, 2.45) is 11.7 Å². The van der Waals surface area contributed by atoms with Gasteiger partial charge in [0.05, 0.1) is 13.2 Å². The van der Waals surface area contributed by atoms with Gasteiger partial charge in [0.2, 0.25) is 0 Å². The number of hydrogen-bond acceptors (Lipinski definition) is 3. The Balaban J connectivity index is 2.18. The van der Waals surface area contributed by atoms with E-state index in [1.54, 1.807) is 0 Å². The summed E-state index contributed by atoms with van der Waals surface area (Å²) in [5.41, 5.74) is 5.39. The van der Waals surface area contributed by atoms with Crippen LogP contribution in [0.15, 0.2) is 0 Å². The predicted octanol–water partition coefficient (Wildman–Crippen LogP) is 0.344. The van der Waals surface area contributed by atoms with Crippen LogP contribution in [0.2, 0.25) is 0 Å². The molecule has 3 nitrogen and oxygen atoms in total. The number of nitrogens with two attached hydrogens (primary N) is 1. The summed E-state index contributed by atoms with van der Waals surface area (Å²) in [4.78, 5) is 0. The molecule has 0 aromatic carbocycles. The molecule has 0 bridgehead atoms. The maximum Gasteiger partial charge on any atom is 0.160 e. The summed E-state index contributed by atoms with van der Waals surface area (Å²) in [6, 6.07) is 0. The third-order valence-electron chi connectivity index (χ3n) is 1.73. The average molecular weight is 145 g/mol. The van der Waals surface area contributed by atoms with Gasteiger partial charge in [0.1, 0.15) is 0 Å². The molecule has 1 aliphatic rings. The molecule has 0 aromatic rings. The zero-order valence-electron chi connectivity index (χ0n) is 6.38. The Labute approximate surface area is 61.5 Å². The SMILES string of the molecule is CC(CCN)C1OCCO1. The highest BCUT2D eigenvalue weighted by Gasteiger charge is 2.21. The van der Waals surface area contributed by atoms with Crippen molar-refractivity contribution in [3.8, 4) is 0 Å². The lowest BCUT2D eigenvalue weighted by Crippen LogP contribution is -2.21. The zero-order chi connectivity index (χ0) is 7.40. The summed E-state index contributed by atoms with van der Waals surface area (Å²) >= 11 is 0. The van der Waals surface area contributed by atoms with Crippen molar-refractivity contribution in [3.63, 3.8) is 0 Å². The summed E-state index contributed by atoms with van der Waals surface area (Å²) in [6.07, 6.45) is 0.980. The Morgan fingerprint density at radius 1 is 1.50 bits per heavy atom. The van der Waals surface area contributed by atoms with E-state index in [2.05, 4.69) is 6.92 Å². The fourth-order valence-electron chi connectivity index (χ4n) is 1.10. The van der Waals surface area contributed by atoms with Gasteiger partial charge in [-0.15, -0.1) is 0 Å². The smallest absolute Gasteiger partial charge is 0.160 e. The van der Waals surface area contributed by atoms with Crippen molar-refractivity contribution < 1.29 is 9.47 Å². The van der Waals surface area contributed by atoms with Crippen LogP contribution in [0, 0.1) is 5.92 Å².